The number of nitrogens with zero attached hydrogens (tertiary/aromatic N) is 2. The van der Waals surface area contributed by atoms with Crippen molar-refractivity contribution >= 4 is 16.0 Å². The normalized spacial score (nSPS) is 12.8. The monoisotopic (exact) mass is 300 g/mol. The van der Waals surface area contributed by atoms with Crippen molar-refractivity contribution in [2.75, 3.05) is 13.6 Å². The first-order chi connectivity index (χ1) is 9.27. The fourth-order valence-corrected chi connectivity index (χ4v) is 2.43. The van der Waals surface area contributed by atoms with Gasteiger partial charge in [-0.3, -0.25) is 4.79 Å². The molecular formula is C12H13FN2O4S. The minimum absolute atomic E-state index is 0.137. The predicted molar refractivity (Wildman–Crippen MR) is 67.4 cm³/mol. The van der Waals surface area contributed by atoms with E-state index in [1.807, 2.05) is 0 Å². The smallest absolute Gasteiger partial charge is 0.322 e. The van der Waals surface area contributed by atoms with Crippen LogP contribution in [0, 0.1) is 17.1 Å². The first kappa shape index (κ1) is 16.1. The summed E-state index contributed by atoms with van der Waals surface area (Å²) < 4.78 is 42.3. The Morgan fingerprint density at radius 3 is 2.50 bits per heavy atom. The third-order valence-electron chi connectivity index (χ3n) is 2.36. The lowest BCUT2D eigenvalue weighted by Crippen LogP contribution is -2.34. The Kier molecular flexibility index (Phi) is 5.19. The van der Waals surface area contributed by atoms with Gasteiger partial charge in [-0.2, -0.15) is 9.57 Å². The predicted octanol–water partition coefficient (Wildman–Crippen LogP) is 0.901. The van der Waals surface area contributed by atoms with Crippen LogP contribution >= 0.6 is 0 Å². The van der Waals surface area contributed by atoms with Gasteiger partial charge in [-0.15, -0.1) is 0 Å². The highest BCUT2D eigenvalue weighted by Crippen LogP contribution is 2.14. The molecule has 108 valence electrons. The Hall–Kier alpha value is -1.98. The van der Waals surface area contributed by atoms with Gasteiger partial charge < -0.3 is 4.74 Å². The fraction of sp³-hybridized carbons (Fsp3) is 0.333. The molecule has 0 saturated carbocycles. The number of hydrogen-bond donors (Lipinski definition) is 0. The van der Waals surface area contributed by atoms with Crippen LogP contribution in [0.15, 0.2) is 29.2 Å². The van der Waals surface area contributed by atoms with E-state index in [0.717, 1.165) is 28.6 Å². The van der Waals surface area contributed by atoms with E-state index in [4.69, 9.17) is 5.26 Å². The quantitative estimate of drug-likeness (QED) is 0.754. The molecule has 0 aliphatic rings. The van der Waals surface area contributed by atoms with E-state index in [9.17, 15) is 17.6 Å². The zero-order valence-corrected chi connectivity index (χ0v) is 11.7. The molecule has 0 amide bonds. The molecular weight excluding hydrogens is 287 g/mol. The number of ether oxygens (including phenoxy) is 1. The molecule has 0 aromatic heterocycles. The molecule has 0 heterocycles. The van der Waals surface area contributed by atoms with Crippen molar-refractivity contribution < 1.29 is 22.3 Å². The number of nitriles is 1. The average molecular weight is 300 g/mol. The molecule has 0 radical (unpaired) electrons. The van der Waals surface area contributed by atoms with Crippen LogP contribution in [0.4, 0.5) is 4.39 Å². The van der Waals surface area contributed by atoms with Crippen LogP contribution in [-0.2, 0) is 19.6 Å². The maximum Gasteiger partial charge on any atom is 0.322 e. The van der Waals surface area contributed by atoms with E-state index in [1.54, 1.807) is 6.07 Å². The molecule has 6 nitrogen and oxygen atoms in total. The molecule has 0 bridgehead atoms. The van der Waals surface area contributed by atoms with Crippen molar-refractivity contribution in [3.8, 4) is 6.07 Å². The summed E-state index contributed by atoms with van der Waals surface area (Å²) in [5, 5.41) is 8.49. The van der Waals surface area contributed by atoms with Crippen LogP contribution in [0.5, 0.6) is 0 Å². The number of benzene rings is 1. The Labute approximate surface area is 116 Å². The highest BCUT2D eigenvalue weighted by Gasteiger charge is 2.24. The van der Waals surface area contributed by atoms with Crippen molar-refractivity contribution in [2.24, 2.45) is 0 Å². The number of carbonyl (C=O) groups is 1. The molecule has 1 aromatic rings. The van der Waals surface area contributed by atoms with Crippen LogP contribution in [0.1, 0.15) is 6.92 Å². The lowest BCUT2D eigenvalue weighted by atomic mass is 10.4. The summed E-state index contributed by atoms with van der Waals surface area (Å²) >= 11 is 0. The maximum atomic E-state index is 12.8. The second-order valence-electron chi connectivity index (χ2n) is 3.98. The lowest BCUT2D eigenvalue weighted by Gasteiger charge is -2.16. The summed E-state index contributed by atoms with van der Waals surface area (Å²) in [5.41, 5.74) is 0. The van der Waals surface area contributed by atoms with Gasteiger partial charge in [0.15, 0.2) is 6.10 Å². The van der Waals surface area contributed by atoms with E-state index in [2.05, 4.69) is 4.74 Å². The number of hydrogen-bond acceptors (Lipinski definition) is 5. The number of sulfonamides is 1. The summed E-state index contributed by atoms with van der Waals surface area (Å²) in [7, 11) is -2.72. The highest BCUT2D eigenvalue weighted by atomic mass is 32.2. The standard InChI is InChI=1S/C12H13FN2O4S/c1-9(7-14)19-12(16)8-15(2)20(17,18)11-5-3-10(13)4-6-11/h3-6,9H,8H2,1-2H3. The molecule has 8 heteroatoms. The molecule has 0 saturated heterocycles. The Bertz CT molecular complexity index is 622. The number of esters is 1. The summed E-state index contributed by atoms with van der Waals surface area (Å²) in [6, 6.07) is 5.92. The van der Waals surface area contributed by atoms with Gasteiger partial charge in [0.05, 0.1) is 4.90 Å². The van der Waals surface area contributed by atoms with Gasteiger partial charge in [-0.25, -0.2) is 12.8 Å². The molecule has 1 rings (SSSR count). The second kappa shape index (κ2) is 6.45. The summed E-state index contributed by atoms with van der Waals surface area (Å²) in [4.78, 5) is 11.3. The van der Waals surface area contributed by atoms with E-state index in [1.165, 1.54) is 14.0 Å². The number of halogens is 1. The number of likely N-dealkylation sites (N-methyl/N-ethyl adjacent to an activating group) is 1. The van der Waals surface area contributed by atoms with Gasteiger partial charge in [-0.1, -0.05) is 0 Å². The summed E-state index contributed by atoms with van der Waals surface area (Å²) in [6.07, 6.45) is -0.954. The van der Waals surface area contributed by atoms with Crippen LogP contribution < -0.4 is 0 Å². The maximum absolute atomic E-state index is 12.8. The summed E-state index contributed by atoms with van der Waals surface area (Å²) in [5.74, 6) is -1.40. The van der Waals surface area contributed by atoms with Gasteiger partial charge >= 0.3 is 5.97 Å². The number of carbonyl (C=O) groups excluding carboxylic acids is 1. The zero-order chi connectivity index (χ0) is 15.3. The van der Waals surface area contributed by atoms with Gasteiger partial charge in [0.1, 0.15) is 18.4 Å². The molecule has 1 unspecified atom stereocenters. The van der Waals surface area contributed by atoms with Gasteiger partial charge in [0.25, 0.3) is 0 Å². The molecule has 0 aliphatic carbocycles. The molecule has 1 aromatic carbocycles. The molecule has 0 fully saturated rings. The molecule has 0 spiro atoms. The molecule has 0 N–H and O–H groups in total. The Balaban J connectivity index is 2.80. The van der Waals surface area contributed by atoms with Crippen LogP contribution in [0.25, 0.3) is 0 Å². The summed E-state index contributed by atoms with van der Waals surface area (Å²) in [6.45, 7) is 0.831. The lowest BCUT2D eigenvalue weighted by molar-refractivity contribution is -0.145. The average Bonchev–Trinajstić information content (AvgIpc) is 2.38. The topological polar surface area (TPSA) is 87.5 Å². The minimum Gasteiger partial charge on any atom is -0.446 e. The van der Waals surface area contributed by atoms with Gasteiger partial charge in [0.2, 0.25) is 10.0 Å². The third kappa shape index (κ3) is 4.01. The number of rotatable bonds is 5. The van der Waals surface area contributed by atoms with Crippen molar-refractivity contribution in [3.05, 3.63) is 30.1 Å². The van der Waals surface area contributed by atoms with Crippen molar-refractivity contribution in [1.82, 2.24) is 4.31 Å². The van der Waals surface area contributed by atoms with E-state index in [-0.39, 0.29) is 4.90 Å². The molecule has 1 atom stereocenters. The van der Waals surface area contributed by atoms with E-state index >= 15 is 0 Å². The molecule has 20 heavy (non-hydrogen) atoms. The van der Waals surface area contributed by atoms with E-state index < -0.39 is 34.5 Å². The van der Waals surface area contributed by atoms with Gasteiger partial charge in [-0.05, 0) is 31.2 Å². The van der Waals surface area contributed by atoms with Gasteiger partial charge in [0, 0.05) is 7.05 Å². The van der Waals surface area contributed by atoms with Crippen LogP contribution in [0.2, 0.25) is 0 Å². The minimum atomic E-state index is -3.91. The first-order valence-corrected chi connectivity index (χ1v) is 7.02. The van der Waals surface area contributed by atoms with Crippen LogP contribution in [-0.4, -0.2) is 38.4 Å². The Morgan fingerprint density at radius 2 is 2.00 bits per heavy atom. The molecule has 0 aliphatic heterocycles. The first-order valence-electron chi connectivity index (χ1n) is 5.58. The van der Waals surface area contributed by atoms with Crippen molar-refractivity contribution in [2.45, 2.75) is 17.9 Å². The van der Waals surface area contributed by atoms with Crippen LogP contribution in [0.3, 0.4) is 0 Å². The van der Waals surface area contributed by atoms with E-state index in [0.29, 0.717) is 0 Å². The highest BCUT2D eigenvalue weighted by molar-refractivity contribution is 7.89. The third-order valence-corrected chi connectivity index (χ3v) is 4.18. The second-order valence-corrected chi connectivity index (χ2v) is 6.02. The largest absolute Gasteiger partial charge is 0.446 e. The fourth-order valence-electron chi connectivity index (χ4n) is 1.31. The van der Waals surface area contributed by atoms with Crippen molar-refractivity contribution in [1.29, 1.82) is 5.26 Å². The van der Waals surface area contributed by atoms with Crippen molar-refractivity contribution in [3.63, 3.8) is 0 Å². The SMILES string of the molecule is CC(C#N)OC(=O)CN(C)S(=O)(=O)c1ccc(F)cc1. The Morgan fingerprint density at radius 1 is 1.45 bits per heavy atom. The zero-order valence-electron chi connectivity index (χ0n) is 10.9.